The fourth-order valence-corrected chi connectivity index (χ4v) is 2.42. The van der Waals surface area contributed by atoms with Crippen LogP contribution in [-0.2, 0) is 13.0 Å². The van der Waals surface area contributed by atoms with E-state index >= 15 is 0 Å². The molecule has 2 heterocycles. The highest BCUT2D eigenvalue weighted by Crippen LogP contribution is 2.23. The van der Waals surface area contributed by atoms with E-state index < -0.39 is 5.97 Å². The number of nitrogens with zero attached hydrogens (tertiary/aromatic N) is 2. The molecule has 0 atom stereocenters. The molecule has 0 saturated carbocycles. The van der Waals surface area contributed by atoms with Gasteiger partial charge >= 0.3 is 5.97 Å². The van der Waals surface area contributed by atoms with Crippen LogP contribution in [0.5, 0.6) is 0 Å². The van der Waals surface area contributed by atoms with Crippen LogP contribution in [0.1, 0.15) is 35.4 Å². The summed E-state index contributed by atoms with van der Waals surface area (Å²) in [5.74, 6) is -0.929. The lowest BCUT2D eigenvalue weighted by molar-refractivity contribution is 0.0689. The molecule has 0 aromatic carbocycles. The molecule has 1 N–H and O–H groups in total. The van der Waals surface area contributed by atoms with Gasteiger partial charge < -0.3 is 9.67 Å². The van der Waals surface area contributed by atoms with E-state index in [1.807, 2.05) is 4.57 Å². The smallest absolute Gasteiger partial charge is 0.356 e. The number of carbonyl (C=O) groups is 1. The van der Waals surface area contributed by atoms with E-state index in [-0.39, 0.29) is 5.69 Å². The molecule has 0 saturated heterocycles. The largest absolute Gasteiger partial charge is 0.476 e. The van der Waals surface area contributed by atoms with Crippen molar-refractivity contribution in [2.75, 3.05) is 0 Å². The first-order chi connectivity index (χ1) is 6.70. The van der Waals surface area contributed by atoms with Crippen molar-refractivity contribution in [3.8, 4) is 0 Å². The highest BCUT2D eigenvalue weighted by atomic mass is 79.9. The average Bonchev–Trinajstić information content (AvgIpc) is 2.38. The Hall–Kier alpha value is -0.840. The lowest BCUT2D eigenvalue weighted by Crippen LogP contribution is -2.05. The van der Waals surface area contributed by atoms with Gasteiger partial charge in [-0.2, -0.15) is 0 Å². The van der Waals surface area contributed by atoms with Crippen molar-refractivity contribution in [2.24, 2.45) is 0 Å². The van der Waals surface area contributed by atoms with Gasteiger partial charge in [0.1, 0.15) is 0 Å². The summed E-state index contributed by atoms with van der Waals surface area (Å²) in [7, 11) is 0. The van der Waals surface area contributed by atoms with Crippen LogP contribution in [0, 0.1) is 0 Å². The predicted octanol–water partition coefficient (Wildman–Crippen LogP) is 2.07. The highest BCUT2D eigenvalue weighted by Gasteiger charge is 2.21. The van der Waals surface area contributed by atoms with E-state index in [9.17, 15) is 4.79 Å². The number of aromatic carboxylic acids is 1. The van der Waals surface area contributed by atoms with Gasteiger partial charge in [0.15, 0.2) is 10.4 Å². The van der Waals surface area contributed by atoms with Crippen molar-refractivity contribution in [1.29, 1.82) is 0 Å². The molecule has 2 rings (SSSR count). The Morgan fingerprint density at radius 3 is 2.93 bits per heavy atom. The molecule has 4 nitrogen and oxygen atoms in total. The zero-order chi connectivity index (χ0) is 10.1. The van der Waals surface area contributed by atoms with Gasteiger partial charge in [0, 0.05) is 6.54 Å². The maximum Gasteiger partial charge on any atom is 0.356 e. The van der Waals surface area contributed by atoms with Crippen LogP contribution in [0.3, 0.4) is 0 Å². The third-order valence-corrected chi connectivity index (χ3v) is 3.13. The number of halogens is 1. The molecule has 1 aliphatic rings. The number of carboxylic acid groups (broad SMARTS) is 1. The van der Waals surface area contributed by atoms with Crippen molar-refractivity contribution in [1.82, 2.24) is 9.55 Å². The van der Waals surface area contributed by atoms with Gasteiger partial charge in [0.25, 0.3) is 0 Å². The molecular weight excluding hydrogens is 248 g/mol. The highest BCUT2D eigenvalue weighted by molar-refractivity contribution is 9.10. The topological polar surface area (TPSA) is 55.1 Å². The van der Waals surface area contributed by atoms with Crippen molar-refractivity contribution in [3.63, 3.8) is 0 Å². The number of fused-ring (bicyclic) bond motifs is 1. The van der Waals surface area contributed by atoms with E-state index in [1.54, 1.807) is 0 Å². The van der Waals surface area contributed by atoms with Gasteiger partial charge in [-0.15, -0.1) is 0 Å². The molecule has 0 radical (unpaired) electrons. The minimum absolute atomic E-state index is 0.207. The summed E-state index contributed by atoms with van der Waals surface area (Å²) in [5.41, 5.74) is 1.07. The van der Waals surface area contributed by atoms with Gasteiger partial charge in [-0.1, -0.05) is 6.42 Å². The maximum absolute atomic E-state index is 10.9. The Kier molecular flexibility index (Phi) is 2.58. The fraction of sp³-hybridized carbons (Fsp3) is 0.556. The molecule has 0 aliphatic carbocycles. The van der Waals surface area contributed by atoms with E-state index in [0.29, 0.717) is 4.73 Å². The van der Waals surface area contributed by atoms with E-state index in [0.717, 1.165) is 37.9 Å². The van der Waals surface area contributed by atoms with Crippen molar-refractivity contribution in [2.45, 2.75) is 32.2 Å². The first-order valence-corrected chi connectivity index (χ1v) is 5.47. The molecular formula is C9H11BrN2O2. The minimum Gasteiger partial charge on any atom is -0.476 e. The minimum atomic E-state index is -0.929. The molecule has 0 unspecified atom stereocenters. The first-order valence-electron chi connectivity index (χ1n) is 4.68. The molecule has 0 amide bonds. The molecule has 0 fully saturated rings. The predicted molar refractivity (Wildman–Crippen MR) is 54.4 cm³/mol. The van der Waals surface area contributed by atoms with E-state index in [4.69, 9.17) is 5.11 Å². The summed E-state index contributed by atoms with van der Waals surface area (Å²) in [6.07, 6.45) is 4.13. The molecule has 5 heteroatoms. The fourth-order valence-electron chi connectivity index (χ4n) is 1.85. The Morgan fingerprint density at radius 1 is 1.43 bits per heavy atom. The summed E-state index contributed by atoms with van der Waals surface area (Å²) in [6.45, 7) is 0.871. The van der Waals surface area contributed by atoms with Crippen LogP contribution in [0.4, 0.5) is 0 Å². The number of carboxylic acids is 1. The zero-order valence-corrected chi connectivity index (χ0v) is 9.25. The lowest BCUT2D eigenvalue weighted by Gasteiger charge is -2.03. The molecule has 1 aromatic rings. The van der Waals surface area contributed by atoms with Crippen molar-refractivity contribution >= 4 is 21.9 Å². The van der Waals surface area contributed by atoms with E-state index in [2.05, 4.69) is 20.9 Å². The number of aromatic nitrogens is 2. The molecule has 1 aromatic heterocycles. The number of hydrogen-bond acceptors (Lipinski definition) is 2. The van der Waals surface area contributed by atoms with Crippen LogP contribution in [-0.4, -0.2) is 20.6 Å². The van der Waals surface area contributed by atoms with Gasteiger partial charge in [0.05, 0.1) is 5.69 Å². The van der Waals surface area contributed by atoms with Crippen LogP contribution >= 0.6 is 15.9 Å². The van der Waals surface area contributed by atoms with Gasteiger partial charge in [-0.25, -0.2) is 9.78 Å². The third-order valence-electron chi connectivity index (χ3n) is 2.52. The lowest BCUT2D eigenvalue weighted by atomic mass is 10.1. The Bertz CT molecular complexity index is 373. The Balaban J connectivity index is 2.49. The molecule has 1 aliphatic heterocycles. The summed E-state index contributed by atoms with van der Waals surface area (Å²) in [4.78, 5) is 14.9. The summed E-state index contributed by atoms with van der Waals surface area (Å²) in [5, 5.41) is 8.95. The van der Waals surface area contributed by atoms with Gasteiger partial charge in [-0.3, -0.25) is 0 Å². The Morgan fingerprint density at radius 2 is 2.21 bits per heavy atom. The number of imidazole rings is 1. The average molecular weight is 259 g/mol. The standard InChI is InChI=1S/C9H11BrN2O2/c10-9-11-7(8(13)14)6-4-2-1-3-5-12(6)9/h1-5H2,(H,13,14). The van der Waals surface area contributed by atoms with Crippen LogP contribution in [0.15, 0.2) is 4.73 Å². The third kappa shape index (κ3) is 1.56. The first kappa shape index (κ1) is 9.71. The normalized spacial score (nSPS) is 16.1. The molecule has 0 bridgehead atoms. The molecule has 76 valence electrons. The van der Waals surface area contributed by atoms with Gasteiger partial charge in [0.2, 0.25) is 0 Å². The van der Waals surface area contributed by atoms with Gasteiger partial charge in [-0.05, 0) is 35.2 Å². The zero-order valence-electron chi connectivity index (χ0n) is 7.66. The number of rotatable bonds is 1. The second kappa shape index (κ2) is 3.73. The number of hydrogen-bond donors (Lipinski definition) is 1. The molecule has 14 heavy (non-hydrogen) atoms. The second-order valence-electron chi connectivity index (χ2n) is 3.44. The maximum atomic E-state index is 10.9. The van der Waals surface area contributed by atoms with Crippen LogP contribution < -0.4 is 0 Å². The summed E-state index contributed by atoms with van der Waals surface area (Å²) < 4.78 is 2.61. The Labute approximate surface area is 90.1 Å². The summed E-state index contributed by atoms with van der Waals surface area (Å²) in [6, 6.07) is 0. The summed E-state index contributed by atoms with van der Waals surface area (Å²) >= 11 is 3.29. The van der Waals surface area contributed by atoms with Crippen LogP contribution in [0.25, 0.3) is 0 Å². The SMILES string of the molecule is O=C(O)c1nc(Br)n2c1CCCCC2. The second-order valence-corrected chi connectivity index (χ2v) is 4.15. The van der Waals surface area contributed by atoms with Crippen molar-refractivity contribution in [3.05, 3.63) is 16.1 Å². The van der Waals surface area contributed by atoms with E-state index in [1.165, 1.54) is 0 Å². The van der Waals surface area contributed by atoms with Crippen LogP contribution in [0.2, 0.25) is 0 Å². The molecule has 0 spiro atoms. The van der Waals surface area contributed by atoms with Crippen molar-refractivity contribution < 1.29 is 9.90 Å². The monoisotopic (exact) mass is 258 g/mol. The quantitative estimate of drug-likeness (QED) is 0.839.